The molecule has 2 aromatic heterocycles. The monoisotopic (exact) mass is 818 g/mol. The summed E-state index contributed by atoms with van der Waals surface area (Å²) in [4.78, 5) is 87.7. The number of hydrogen-bond acceptors (Lipinski definition) is 10. The van der Waals surface area contributed by atoms with Crippen molar-refractivity contribution in [3.63, 3.8) is 0 Å². The maximum absolute atomic E-state index is 14.6. The number of fused-ring (bicyclic) bond motifs is 2. The van der Waals surface area contributed by atoms with Crippen molar-refractivity contribution in [2.75, 3.05) is 29.9 Å². The molecule has 0 spiro atoms. The zero-order valence-corrected chi connectivity index (χ0v) is 32.8. The fourth-order valence-electron chi connectivity index (χ4n) is 9.18. The van der Waals surface area contributed by atoms with Crippen LogP contribution in [0.5, 0.6) is 0 Å². The summed E-state index contributed by atoms with van der Waals surface area (Å²) in [6.07, 6.45) is 2.46. The van der Waals surface area contributed by atoms with Gasteiger partial charge in [0.1, 0.15) is 17.6 Å². The van der Waals surface area contributed by atoms with E-state index in [1.54, 1.807) is 17.0 Å². The van der Waals surface area contributed by atoms with Crippen LogP contribution in [-0.2, 0) is 19.2 Å². The Balaban J connectivity index is 0.965. The van der Waals surface area contributed by atoms with Gasteiger partial charge in [0, 0.05) is 55.0 Å². The maximum atomic E-state index is 14.6. The number of benzene rings is 3. The summed E-state index contributed by atoms with van der Waals surface area (Å²) in [6.45, 7) is 4.30. The zero-order chi connectivity index (χ0) is 42.0. The second-order valence-electron chi connectivity index (χ2n) is 15.7. The van der Waals surface area contributed by atoms with E-state index in [-0.39, 0.29) is 66.2 Å². The average molecular weight is 819 g/mol. The van der Waals surface area contributed by atoms with Gasteiger partial charge in [-0.15, -0.1) is 0 Å². The lowest BCUT2D eigenvalue weighted by molar-refractivity contribution is -0.136. The number of anilines is 2. The molecule has 3 saturated heterocycles. The quantitative estimate of drug-likeness (QED) is 0.189. The van der Waals surface area contributed by atoms with Gasteiger partial charge in [-0.05, 0) is 87.9 Å². The molecule has 3 fully saturated rings. The van der Waals surface area contributed by atoms with Gasteiger partial charge in [-0.2, -0.15) is 0 Å². The molecule has 2 N–H and O–H groups in total. The highest BCUT2D eigenvalue weighted by Crippen LogP contribution is 2.41. The molecule has 6 amide bonds. The number of carbonyl (C=O) groups excluding carboxylic acids is 6. The van der Waals surface area contributed by atoms with Crippen molar-refractivity contribution in [2.24, 2.45) is 0 Å². The van der Waals surface area contributed by atoms with Gasteiger partial charge in [-0.25, -0.2) is 13.8 Å². The molecule has 5 aromatic rings. The molecule has 15 nitrogen and oxygen atoms in total. The molecule has 0 radical (unpaired) electrons. The lowest BCUT2D eigenvalue weighted by atomic mass is 9.98. The number of nitrogens with zero attached hydrogens (tertiary/aromatic N) is 6. The Bertz CT molecular complexity index is 2630. The second kappa shape index (κ2) is 15.1. The number of likely N-dealkylation sites (tertiary alicyclic amines) is 1. The van der Waals surface area contributed by atoms with Crippen LogP contribution in [-0.4, -0.2) is 85.6 Å². The minimum atomic E-state index is -1.12. The number of nitrogens with one attached hydrogen (secondary N) is 2. The topological polar surface area (TPSA) is 180 Å². The van der Waals surface area contributed by atoms with Crippen molar-refractivity contribution in [2.45, 2.75) is 76.9 Å². The van der Waals surface area contributed by atoms with Gasteiger partial charge >= 0.3 is 0 Å². The minimum absolute atomic E-state index is 0.00120. The predicted molar refractivity (Wildman–Crippen MR) is 212 cm³/mol. The van der Waals surface area contributed by atoms with E-state index >= 15 is 0 Å². The first-order chi connectivity index (χ1) is 28.9. The number of piperidine rings is 3. The molecule has 17 heteroatoms. The molecule has 0 aliphatic carbocycles. The number of aromatic nitrogens is 3. The van der Waals surface area contributed by atoms with Crippen LogP contribution in [0.15, 0.2) is 59.1 Å². The van der Waals surface area contributed by atoms with Gasteiger partial charge in [-0.3, -0.25) is 39.0 Å². The molecule has 308 valence electrons. The fraction of sp³-hybridized carbons (Fsp3) is 0.349. The van der Waals surface area contributed by atoms with Crippen LogP contribution < -0.4 is 15.5 Å². The maximum Gasteiger partial charge on any atom is 0.264 e. The molecule has 2 atom stereocenters. The standard InChI is InChI=1S/C43H40F2N8O7/c1-22-38(23(2)60-49-22)24-9-12-32-31(19-24)47-40(33-7-4-8-36(55)51(33)26-10-11-28(44)29(45)20-26)52(32)25-15-17-50(18-16-25)37(56)21-46-30-6-3-5-27-39(30)43(59)53(42(27)58)34-13-14-35(54)48-41(34)57/h3,5-6,9-12,19-20,25,33-34,46H,4,7-8,13-18,21H2,1-2H3,(H,48,54,57)/t33-,34?/m0/s1. The molecular formula is C43H40F2N8O7. The van der Waals surface area contributed by atoms with E-state index in [0.29, 0.717) is 55.9 Å². The summed E-state index contributed by atoms with van der Waals surface area (Å²) < 4.78 is 36.2. The lowest BCUT2D eigenvalue weighted by Crippen LogP contribution is -2.54. The van der Waals surface area contributed by atoms with E-state index in [1.807, 2.05) is 32.0 Å². The molecular weight excluding hydrogens is 779 g/mol. The van der Waals surface area contributed by atoms with E-state index in [1.165, 1.54) is 17.0 Å². The molecule has 1 unspecified atom stereocenters. The van der Waals surface area contributed by atoms with Crippen LogP contribution in [0.25, 0.3) is 22.2 Å². The molecule has 9 rings (SSSR count). The van der Waals surface area contributed by atoms with E-state index < -0.39 is 47.3 Å². The molecule has 0 bridgehead atoms. The molecule has 60 heavy (non-hydrogen) atoms. The van der Waals surface area contributed by atoms with Crippen LogP contribution in [0.2, 0.25) is 0 Å². The SMILES string of the molecule is Cc1noc(C)c1-c1ccc2c(c1)nc([C@@H]1CCCC(=O)N1c1ccc(F)c(F)c1)n2C1CCN(C(=O)CNc2cccc3c2C(=O)N(C2CCC(=O)NC2=O)C3=O)CC1. The number of hydrogen-bond donors (Lipinski definition) is 2. The van der Waals surface area contributed by atoms with Crippen molar-refractivity contribution in [3.8, 4) is 11.1 Å². The van der Waals surface area contributed by atoms with Gasteiger partial charge in [-0.1, -0.05) is 17.3 Å². The van der Waals surface area contributed by atoms with Gasteiger partial charge in [0.15, 0.2) is 11.6 Å². The molecule has 3 aromatic carbocycles. The number of aryl methyl sites for hydroxylation is 2. The molecule has 4 aliphatic rings. The Hall–Kier alpha value is -6.78. The number of amides is 6. The van der Waals surface area contributed by atoms with E-state index in [9.17, 15) is 37.5 Å². The first-order valence-corrected chi connectivity index (χ1v) is 20.0. The van der Waals surface area contributed by atoms with Crippen LogP contribution in [0.3, 0.4) is 0 Å². The van der Waals surface area contributed by atoms with Crippen LogP contribution in [0.4, 0.5) is 20.2 Å². The lowest BCUT2D eigenvalue weighted by Gasteiger charge is -2.38. The Morgan fingerprint density at radius 1 is 0.867 bits per heavy atom. The third kappa shape index (κ3) is 6.57. The van der Waals surface area contributed by atoms with Gasteiger partial charge < -0.3 is 24.2 Å². The summed E-state index contributed by atoms with van der Waals surface area (Å²) >= 11 is 0. The second-order valence-corrected chi connectivity index (χ2v) is 15.7. The Morgan fingerprint density at radius 2 is 1.67 bits per heavy atom. The number of carbonyl (C=O) groups is 6. The molecule has 6 heterocycles. The van der Waals surface area contributed by atoms with Crippen LogP contribution in [0.1, 0.15) is 95.0 Å². The van der Waals surface area contributed by atoms with Gasteiger partial charge in [0.25, 0.3) is 11.8 Å². The number of imidazole rings is 1. The molecule has 4 aliphatic heterocycles. The fourth-order valence-corrected chi connectivity index (χ4v) is 9.18. The number of rotatable bonds is 8. The van der Waals surface area contributed by atoms with E-state index in [4.69, 9.17) is 9.51 Å². The molecule has 0 saturated carbocycles. The van der Waals surface area contributed by atoms with Crippen LogP contribution >= 0.6 is 0 Å². The van der Waals surface area contributed by atoms with Gasteiger partial charge in [0.05, 0.1) is 40.4 Å². The normalized spacial score (nSPS) is 20.0. The van der Waals surface area contributed by atoms with Gasteiger partial charge in [0.2, 0.25) is 23.6 Å². The van der Waals surface area contributed by atoms with E-state index in [2.05, 4.69) is 20.4 Å². The van der Waals surface area contributed by atoms with Crippen molar-refractivity contribution >= 4 is 57.9 Å². The Morgan fingerprint density at radius 3 is 2.40 bits per heavy atom. The predicted octanol–water partition coefficient (Wildman–Crippen LogP) is 5.52. The third-order valence-electron chi connectivity index (χ3n) is 12.0. The summed E-state index contributed by atoms with van der Waals surface area (Å²) in [7, 11) is 0. The third-order valence-corrected chi connectivity index (χ3v) is 12.0. The highest BCUT2D eigenvalue weighted by Gasteiger charge is 2.46. The summed E-state index contributed by atoms with van der Waals surface area (Å²) in [5.41, 5.74) is 4.62. The van der Waals surface area contributed by atoms with Crippen molar-refractivity contribution < 1.29 is 42.1 Å². The Labute approximate surface area is 341 Å². The Kier molecular flexibility index (Phi) is 9.75. The minimum Gasteiger partial charge on any atom is -0.375 e. The highest BCUT2D eigenvalue weighted by atomic mass is 19.2. The van der Waals surface area contributed by atoms with Crippen LogP contribution in [0, 0.1) is 25.5 Å². The number of imide groups is 2. The van der Waals surface area contributed by atoms with Crippen molar-refractivity contribution in [3.05, 3.63) is 94.6 Å². The highest BCUT2D eigenvalue weighted by molar-refractivity contribution is 6.25. The first kappa shape index (κ1) is 38.7. The smallest absolute Gasteiger partial charge is 0.264 e. The van der Waals surface area contributed by atoms with Crippen molar-refractivity contribution in [1.29, 1.82) is 0 Å². The first-order valence-electron chi connectivity index (χ1n) is 20.0. The number of halogens is 2. The van der Waals surface area contributed by atoms with E-state index in [0.717, 1.165) is 39.4 Å². The van der Waals surface area contributed by atoms with Crippen molar-refractivity contribution in [1.82, 2.24) is 29.8 Å². The zero-order valence-electron chi connectivity index (χ0n) is 32.8. The summed E-state index contributed by atoms with van der Waals surface area (Å²) in [5.74, 6) is -3.75. The average Bonchev–Trinajstić information content (AvgIpc) is 3.87. The summed E-state index contributed by atoms with van der Waals surface area (Å²) in [5, 5.41) is 9.35. The largest absolute Gasteiger partial charge is 0.375 e. The summed E-state index contributed by atoms with van der Waals surface area (Å²) in [6, 6.07) is 12.2.